The summed E-state index contributed by atoms with van der Waals surface area (Å²) in [4.78, 5) is 24.4. The molecule has 0 bridgehead atoms. The summed E-state index contributed by atoms with van der Waals surface area (Å²) in [6.45, 7) is 11.1. The Hall–Kier alpha value is -2.04. The summed E-state index contributed by atoms with van der Waals surface area (Å²) in [5.41, 5.74) is 0. The van der Waals surface area contributed by atoms with Crippen LogP contribution in [0.5, 0.6) is 17.2 Å². The predicted molar refractivity (Wildman–Crippen MR) is 115 cm³/mol. The maximum absolute atomic E-state index is 12.2. The van der Waals surface area contributed by atoms with Crippen molar-refractivity contribution in [2.75, 3.05) is 6.61 Å². The van der Waals surface area contributed by atoms with Crippen LogP contribution in [-0.2, 0) is 9.59 Å². The number of esters is 2. The van der Waals surface area contributed by atoms with Crippen LogP contribution >= 0.6 is 0 Å². The van der Waals surface area contributed by atoms with E-state index in [4.69, 9.17) is 14.2 Å². The number of ether oxygens (including phenoxy) is 3. The molecule has 1 aromatic rings. The molecule has 0 radical (unpaired) electrons. The van der Waals surface area contributed by atoms with E-state index in [-0.39, 0.29) is 23.4 Å². The van der Waals surface area contributed by atoms with Crippen LogP contribution in [-0.4, -0.2) is 18.5 Å². The smallest absolute Gasteiger partial charge is 0.311 e. The van der Waals surface area contributed by atoms with E-state index in [9.17, 15) is 9.59 Å². The van der Waals surface area contributed by atoms with Crippen molar-refractivity contribution in [2.24, 2.45) is 11.8 Å². The number of unbranched alkanes of at least 4 members (excludes halogenated alkanes) is 2. The number of benzene rings is 1. The van der Waals surface area contributed by atoms with Crippen molar-refractivity contribution >= 4 is 11.9 Å². The van der Waals surface area contributed by atoms with Gasteiger partial charge in [0.2, 0.25) is 0 Å². The molecule has 1 rings (SSSR count). The van der Waals surface area contributed by atoms with Gasteiger partial charge in [0.1, 0.15) is 5.75 Å². The molecular formula is C24H38O5. The molecule has 0 atom stereocenters. The third-order valence-electron chi connectivity index (χ3n) is 4.50. The van der Waals surface area contributed by atoms with E-state index in [1.54, 1.807) is 18.2 Å². The predicted octanol–water partition coefficient (Wildman–Crippen LogP) is 6.33. The van der Waals surface area contributed by atoms with Gasteiger partial charge in [0.15, 0.2) is 11.5 Å². The van der Waals surface area contributed by atoms with Crippen molar-refractivity contribution < 1.29 is 23.8 Å². The second-order valence-corrected chi connectivity index (χ2v) is 8.27. The van der Waals surface area contributed by atoms with Gasteiger partial charge in [0.25, 0.3) is 0 Å². The fourth-order valence-corrected chi connectivity index (χ4v) is 2.90. The van der Waals surface area contributed by atoms with Crippen molar-refractivity contribution in [1.29, 1.82) is 0 Å². The zero-order valence-corrected chi connectivity index (χ0v) is 18.8. The molecular weight excluding hydrogens is 368 g/mol. The average Bonchev–Trinajstić information content (AvgIpc) is 2.64. The highest BCUT2D eigenvalue weighted by Gasteiger charge is 2.15. The summed E-state index contributed by atoms with van der Waals surface area (Å²) in [5.74, 6) is 1.69. The van der Waals surface area contributed by atoms with Crippen LogP contribution in [0.4, 0.5) is 0 Å². The van der Waals surface area contributed by atoms with E-state index in [0.717, 1.165) is 38.5 Å². The zero-order valence-electron chi connectivity index (χ0n) is 18.8. The molecule has 5 nitrogen and oxygen atoms in total. The van der Waals surface area contributed by atoms with Crippen LogP contribution in [0.15, 0.2) is 18.2 Å². The van der Waals surface area contributed by atoms with Crippen molar-refractivity contribution in [3.63, 3.8) is 0 Å². The van der Waals surface area contributed by atoms with E-state index in [1.807, 2.05) is 6.92 Å². The van der Waals surface area contributed by atoms with Crippen molar-refractivity contribution in [3.05, 3.63) is 18.2 Å². The minimum atomic E-state index is -0.323. The van der Waals surface area contributed by atoms with Crippen molar-refractivity contribution in [3.8, 4) is 17.2 Å². The molecule has 0 aromatic heterocycles. The summed E-state index contributed by atoms with van der Waals surface area (Å²) in [5, 5.41) is 0. The van der Waals surface area contributed by atoms with Crippen LogP contribution in [0, 0.1) is 11.8 Å². The van der Waals surface area contributed by atoms with E-state index in [2.05, 4.69) is 27.7 Å². The van der Waals surface area contributed by atoms with Crippen LogP contribution in [0.2, 0.25) is 0 Å². The molecule has 1 aromatic carbocycles. The highest BCUT2D eigenvalue weighted by atomic mass is 16.6. The second-order valence-electron chi connectivity index (χ2n) is 8.27. The molecule has 0 fully saturated rings. The first kappa shape index (κ1) is 25.0. The molecule has 0 spiro atoms. The minimum absolute atomic E-state index is 0.236. The SMILES string of the molecule is CCOc1ccc(OC(=O)CCCCC(C)C)c(OC(=O)CCCCC(C)C)c1. The van der Waals surface area contributed by atoms with Gasteiger partial charge in [0.05, 0.1) is 6.61 Å². The van der Waals surface area contributed by atoms with Crippen LogP contribution in [0.25, 0.3) is 0 Å². The normalized spacial score (nSPS) is 11.0. The van der Waals surface area contributed by atoms with E-state index in [0.29, 0.717) is 37.0 Å². The molecule has 0 saturated heterocycles. The fourth-order valence-electron chi connectivity index (χ4n) is 2.90. The number of rotatable bonds is 14. The lowest BCUT2D eigenvalue weighted by molar-refractivity contribution is -0.137. The lowest BCUT2D eigenvalue weighted by Gasteiger charge is -2.13. The monoisotopic (exact) mass is 406 g/mol. The van der Waals surface area contributed by atoms with Gasteiger partial charge < -0.3 is 14.2 Å². The number of carbonyl (C=O) groups excluding carboxylic acids is 2. The molecule has 0 aliphatic heterocycles. The number of carbonyl (C=O) groups is 2. The zero-order chi connectivity index (χ0) is 21.6. The Morgan fingerprint density at radius 1 is 0.793 bits per heavy atom. The van der Waals surface area contributed by atoms with Crippen LogP contribution in [0.3, 0.4) is 0 Å². The summed E-state index contributed by atoms with van der Waals surface area (Å²) in [6.07, 6.45) is 6.43. The quantitative estimate of drug-likeness (QED) is 0.205. The summed E-state index contributed by atoms with van der Waals surface area (Å²) in [6, 6.07) is 4.94. The molecule has 5 heteroatoms. The first-order valence-corrected chi connectivity index (χ1v) is 11.0. The first-order valence-electron chi connectivity index (χ1n) is 11.0. The lowest BCUT2D eigenvalue weighted by Crippen LogP contribution is -2.12. The molecule has 0 unspecified atom stereocenters. The molecule has 0 aliphatic carbocycles. The first-order chi connectivity index (χ1) is 13.8. The van der Waals surface area contributed by atoms with E-state index >= 15 is 0 Å². The lowest BCUT2D eigenvalue weighted by atomic mass is 10.1. The maximum Gasteiger partial charge on any atom is 0.311 e. The molecule has 29 heavy (non-hydrogen) atoms. The summed E-state index contributed by atoms with van der Waals surface area (Å²) in [7, 11) is 0. The average molecular weight is 407 g/mol. The maximum atomic E-state index is 12.2. The highest BCUT2D eigenvalue weighted by molar-refractivity contribution is 5.76. The largest absolute Gasteiger partial charge is 0.494 e. The van der Waals surface area contributed by atoms with Gasteiger partial charge in [-0.25, -0.2) is 0 Å². The number of hydrogen-bond donors (Lipinski definition) is 0. The van der Waals surface area contributed by atoms with E-state index < -0.39 is 0 Å². The van der Waals surface area contributed by atoms with Crippen LogP contribution < -0.4 is 14.2 Å². The van der Waals surface area contributed by atoms with Gasteiger partial charge >= 0.3 is 11.9 Å². The Morgan fingerprint density at radius 3 is 1.79 bits per heavy atom. The van der Waals surface area contributed by atoms with Gasteiger partial charge in [-0.05, 0) is 43.7 Å². The molecule has 0 saturated carbocycles. The topological polar surface area (TPSA) is 61.8 Å². The van der Waals surface area contributed by atoms with Gasteiger partial charge in [-0.2, -0.15) is 0 Å². The van der Waals surface area contributed by atoms with Gasteiger partial charge in [0, 0.05) is 18.9 Å². The molecule has 0 N–H and O–H groups in total. The standard InChI is InChI=1S/C24H38O5/c1-6-27-20-15-16-21(28-23(25)13-9-7-11-18(2)3)22(17-20)29-24(26)14-10-8-12-19(4)5/h15-19H,6-14H2,1-5H3. The Bertz CT molecular complexity index is 622. The summed E-state index contributed by atoms with van der Waals surface area (Å²) >= 11 is 0. The Balaban J connectivity index is 2.66. The van der Waals surface area contributed by atoms with Gasteiger partial charge in [-0.1, -0.05) is 53.4 Å². The second kappa shape index (κ2) is 14.0. The number of hydrogen-bond acceptors (Lipinski definition) is 5. The van der Waals surface area contributed by atoms with Crippen LogP contribution in [0.1, 0.15) is 86.0 Å². The Labute approximate surface area is 176 Å². The minimum Gasteiger partial charge on any atom is -0.494 e. The van der Waals surface area contributed by atoms with Gasteiger partial charge in [-0.3, -0.25) is 9.59 Å². The molecule has 0 amide bonds. The molecule has 0 aliphatic rings. The molecule has 164 valence electrons. The third kappa shape index (κ3) is 11.5. The third-order valence-corrected chi connectivity index (χ3v) is 4.50. The van der Waals surface area contributed by atoms with Crippen molar-refractivity contribution in [2.45, 2.75) is 86.0 Å². The molecule has 0 heterocycles. The van der Waals surface area contributed by atoms with Gasteiger partial charge in [-0.15, -0.1) is 0 Å². The van der Waals surface area contributed by atoms with E-state index in [1.165, 1.54) is 0 Å². The highest BCUT2D eigenvalue weighted by Crippen LogP contribution is 2.32. The van der Waals surface area contributed by atoms with Crippen molar-refractivity contribution in [1.82, 2.24) is 0 Å². The fraction of sp³-hybridized carbons (Fsp3) is 0.667. The Morgan fingerprint density at radius 2 is 1.31 bits per heavy atom. The summed E-state index contributed by atoms with van der Waals surface area (Å²) < 4.78 is 16.5. The Kier molecular flexibility index (Phi) is 12.1.